The largest absolute Gasteiger partial charge is 0.488 e. The molecule has 64 valence electrons. The van der Waals surface area contributed by atoms with Crippen LogP contribution in [0, 0.1) is 13.8 Å². The number of hydrogen-bond donors (Lipinski definition) is 2. The monoisotopic (exact) mass is 228 g/mol. The van der Waals surface area contributed by atoms with Gasteiger partial charge in [0.2, 0.25) is 0 Å². The van der Waals surface area contributed by atoms with E-state index in [0.29, 0.717) is 5.46 Å². The Bertz CT molecular complexity index is 299. The molecule has 0 fully saturated rings. The molecule has 2 N–H and O–H groups in total. The van der Waals surface area contributed by atoms with Gasteiger partial charge in [0, 0.05) is 4.47 Å². The highest BCUT2D eigenvalue weighted by Gasteiger charge is 2.15. The fraction of sp³-hybridized carbons (Fsp3) is 0.250. The van der Waals surface area contributed by atoms with Crippen molar-refractivity contribution in [2.75, 3.05) is 0 Å². The molecule has 1 aromatic rings. The Morgan fingerprint density at radius 2 is 1.75 bits per heavy atom. The van der Waals surface area contributed by atoms with Gasteiger partial charge < -0.3 is 10.0 Å². The summed E-state index contributed by atoms with van der Waals surface area (Å²) in [6.45, 7) is 3.81. The van der Waals surface area contributed by atoms with Gasteiger partial charge in [0.05, 0.1) is 0 Å². The summed E-state index contributed by atoms with van der Waals surface area (Å²) in [6.07, 6.45) is 0. The van der Waals surface area contributed by atoms with Gasteiger partial charge in [-0.05, 0) is 36.5 Å². The van der Waals surface area contributed by atoms with Crippen molar-refractivity contribution in [3.63, 3.8) is 0 Å². The van der Waals surface area contributed by atoms with Gasteiger partial charge in [-0.15, -0.1) is 0 Å². The number of hydrogen-bond acceptors (Lipinski definition) is 2. The average molecular weight is 229 g/mol. The van der Waals surface area contributed by atoms with Crippen molar-refractivity contribution >= 4 is 28.5 Å². The van der Waals surface area contributed by atoms with Crippen LogP contribution in [0.5, 0.6) is 0 Å². The standard InChI is InChI=1S/C8H10BBrO2/c1-5-6(2)8(10)4-3-7(5)9(11)12/h3-4,11-12H,1-2H3. The summed E-state index contributed by atoms with van der Waals surface area (Å²) in [4.78, 5) is 0. The van der Waals surface area contributed by atoms with E-state index in [0.717, 1.165) is 15.6 Å². The quantitative estimate of drug-likeness (QED) is 0.697. The van der Waals surface area contributed by atoms with Gasteiger partial charge in [0.15, 0.2) is 0 Å². The normalized spacial score (nSPS) is 10.1. The molecule has 0 saturated carbocycles. The minimum atomic E-state index is -1.38. The Labute approximate surface area is 80.5 Å². The summed E-state index contributed by atoms with van der Waals surface area (Å²) in [6, 6.07) is 3.52. The third-order valence-corrected chi connectivity index (χ3v) is 2.90. The second-order valence-corrected chi connectivity index (χ2v) is 3.61. The third kappa shape index (κ3) is 1.71. The van der Waals surface area contributed by atoms with E-state index in [2.05, 4.69) is 15.9 Å². The molecule has 0 heterocycles. The molecule has 0 bridgehead atoms. The molecule has 2 nitrogen and oxygen atoms in total. The highest BCUT2D eigenvalue weighted by atomic mass is 79.9. The highest BCUT2D eigenvalue weighted by molar-refractivity contribution is 9.10. The number of benzene rings is 1. The molecule has 12 heavy (non-hydrogen) atoms. The fourth-order valence-corrected chi connectivity index (χ4v) is 1.52. The zero-order valence-electron chi connectivity index (χ0n) is 7.00. The van der Waals surface area contributed by atoms with Crippen LogP contribution in [0.3, 0.4) is 0 Å². The van der Waals surface area contributed by atoms with Crippen molar-refractivity contribution in [1.29, 1.82) is 0 Å². The Morgan fingerprint density at radius 1 is 1.17 bits per heavy atom. The molecular weight excluding hydrogens is 219 g/mol. The summed E-state index contributed by atoms with van der Waals surface area (Å²) in [5.41, 5.74) is 2.52. The second kappa shape index (κ2) is 3.60. The molecule has 0 saturated heterocycles. The van der Waals surface area contributed by atoms with Crippen molar-refractivity contribution < 1.29 is 10.0 Å². The summed E-state index contributed by atoms with van der Waals surface area (Å²) in [7, 11) is -1.38. The van der Waals surface area contributed by atoms with Gasteiger partial charge in [-0.3, -0.25) is 0 Å². The molecule has 1 rings (SSSR count). The van der Waals surface area contributed by atoms with Crippen LogP contribution in [0.15, 0.2) is 16.6 Å². The SMILES string of the molecule is Cc1c(Br)ccc(B(O)O)c1C. The summed E-state index contributed by atoms with van der Waals surface area (Å²) < 4.78 is 0.990. The first kappa shape index (κ1) is 9.77. The lowest BCUT2D eigenvalue weighted by Crippen LogP contribution is -2.32. The van der Waals surface area contributed by atoms with Gasteiger partial charge in [-0.1, -0.05) is 22.0 Å². The maximum Gasteiger partial charge on any atom is 0.488 e. The first-order valence-electron chi connectivity index (χ1n) is 3.65. The van der Waals surface area contributed by atoms with E-state index >= 15 is 0 Å². The Kier molecular flexibility index (Phi) is 2.93. The van der Waals surface area contributed by atoms with Gasteiger partial charge in [-0.25, -0.2) is 0 Å². The number of rotatable bonds is 1. The molecule has 0 aliphatic rings. The molecule has 0 unspecified atom stereocenters. The zero-order valence-corrected chi connectivity index (χ0v) is 8.59. The van der Waals surface area contributed by atoms with Crippen molar-refractivity contribution in [3.05, 3.63) is 27.7 Å². The van der Waals surface area contributed by atoms with Crippen LogP contribution in [0.4, 0.5) is 0 Å². The van der Waals surface area contributed by atoms with E-state index in [1.165, 1.54) is 0 Å². The second-order valence-electron chi connectivity index (χ2n) is 2.76. The molecule has 0 spiro atoms. The lowest BCUT2D eigenvalue weighted by atomic mass is 9.76. The van der Waals surface area contributed by atoms with Crippen LogP contribution < -0.4 is 5.46 Å². The first-order chi connectivity index (χ1) is 5.54. The molecule has 0 aliphatic carbocycles. The lowest BCUT2D eigenvalue weighted by Gasteiger charge is -2.08. The van der Waals surface area contributed by atoms with E-state index in [1.807, 2.05) is 19.9 Å². The van der Waals surface area contributed by atoms with E-state index < -0.39 is 7.12 Å². The summed E-state index contributed by atoms with van der Waals surface area (Å²) >= 11 is 3.37. The van der Waals surface area contributed by atoms with Crippen LogP contribution in [-0.2, 0) is 0 Å². The molecule has 0 amide bonds. The molecule has 0 radical (unpaired) electrons. The van der Waals surface area contributed by atoms with Crippen LogP contribution in [0.2, 0.25) is 0 Å². The van der Waals surface area contributed by atoms with Crippen molar-refractivity contribution in [2.24, 2.45) is 0 Å². The smallest absolute Gasteiger partial charge is 0.423 e. The summed E-state index contributed by atoms with van der Waals surface area (Å²) in [5, 5.41) is 17.9. The number of halogens is 1. The van der Waals surface area contributed by atoms with E-state index in [4.69, 9.17) is 10.0 Å². The molecule has 0 aliphatic heterocycles. The van der Waals surface area contributed by atoms with E-state index in [1.54, 1.807) is 6.07 Å². The van der Waals surface area contributed by atoms with E-state index in [9.17, 15) is 0 Å². The van der Waals surface area contributed by atoms with Crippen molar-refractivity contribution in [1.82, 2.24) is 0 Å². The van der Waals surface area contributed by atoms with Crippen molar-refractivity contribution in [3.8, 4) is 0 Å². The average Bonchev–Trinajstić information content (AvgIpc) is 2.00. The maximum absolute atomic E-state index is 8.96. The van der Waals surface area contributed by atoms with E-state index in [-0.39, 0.29) is 0 Å². The van der Waals surface area contributed by atoms with Crippen LogP contribution in [0.25, 0.3) is 0 Å². The van der Waals surface area contributed by atoms with Gasteiger partial charge in [0.1, 0.15) is 0 Å². The van der Waals surface area contributed by atoms with Crippen LogP contribution in [-0.4, -0.2) is 17.2 Å². The predicted molar refractivity (Wildman–Crippen MR) is 53.4 cm³/mol. The Balaban J connectivity index is 3.27. The van der Waals surface area contributed by atoms with Gasteiger partial charge in [-0.2, -0.15) is 0 Å². The molecule has 0 atom stereocenters. The molecule has 0 aromatic heterocycles. The van der Waals surface area contributed by atoms with Gasteiger partial charge in [0.25, 0.3) is 0 Å². The fourth-order valence-electron chi connectivity index (χ4n) is 1.09. The maximum atomic E-state index is 8.96. The third-order valence-electron chi connectivity index (χ3n) is 2.04. The minimum absolute atomic E-state index is 0.565. The topological polar surface area (TPSA) is 40.5 Å². The lowest BCUT2D eigenvalue weighted by molar-refractivity contribution is 0.425. The Hall–Kier alpha value is -0.315. The summed E-state index contributed by atoms with van der Waals surface area (Å²) in [5.74, 6) is 0. The molecule has 1 aromatic carbocycles. The first-order valence-corrected chi connectivity index (χ1v) is 4.45. The van der Waals surface area contributed by atoms with Crippen molar-refractivity contribution in [2.45, 2.75) is 13.8 Å². The van der Waals surface area contributed by atoms with Gasteiger partial charge >= 0.3 is 7.12 Å². The minimum Gasteiger partial charge on any atom is -0.423 e. The predicted octanol–water partition coefficient (Wildman–Crippen LogP) is 0.746. The van der Waals surface area contributed by atoms with Crippen LogP contribution in [0.1, 0.15) is 11.1 Å². The highest BCUT2D eigenvalue weighted by Crippen LogP contribution is 2.17. The zero-order chi connectivity index (χ0) is 9.30. The Morgan fingerprint density at radius 3 is 2.25 bits per heavy atom. The molecular formula is C8H10BBrO2. The molecule has 4 heteroatoms. The van der Waals surface area contributed by atoms with Crippen LogP contribution >= 0.6 is 15.9 Å².